The number of rotatable bonds is 3. The fourth-order valence-electron chi connectivity index (χ4n) is 4.39. The van der Waals surface area contributed by atoms with Gasteiger partial charge in [0.15, 0.2) is 0 Å². The molecule has 0 saturated carbocycles. The number of hydrogen-bond acceptors (Lipinski definition) is 3. The Bertz CT molecular complexity index is 1610. The molecule has 0 atom stereocenters. The maximum Gasteiger partial charge on any atom is 0.149 e. The minimum absolute atomic E-state index is 0.856. The first-order chi connectivity index (χ1) is 15.5. The van der Waals surface area contributed by atoms with Crippen molar-refractivity contribution in [3.8, 4) is 17.1 Å². The van der Waals surface area contributed by atoms with E-state index in [1.54, 1.807) is 0 Å². The lowest BCUT2D eigenvalue weighted by Gasteiger charge is -2.15. The molecule has 6 aromatic rings. The maximum atomic E-state index is 6.51. The molecule has 0 aliphatic heterocycles. The van der Waals surface area contributed by atoms with Gasteiger partial charge in [-0.05, 0) is 30.3 Å². The molecule has 0 unspecified atom stereocenters. The van der Waals surface area contributed by atoms with Gasteiger partial charge >= 0.3 is 0 Å². The smallest absolute Gasteiger partial charge is 0.149 e. The van der Waals surface area contributed by atoms with Crippen LogP contribution in [0.4, 0.5) is 0 Å². The summed E-state index contributed by atoms with van der Waals surface area (Å²) in [6, 6.07) is 25.4. The van der Waals surface area contributed by atoms with Crippen molar-refractivity contribution in [2.24, 2.45) is 0 Å². The Morgan fingerprint density at radius 2 is 1.69 bits per heavy atom. The predicted molar refractivity (Wildman–Crippen MR) is 135 cm³/mol. The van der Waals surface area contributed by atoms with Gasteiger partial charge in [0.25, 0.3) is 0 Å². The first kappa shape index (κ1) is 19.0. The molecule has 0 amide bonds. The Kier molecular flexibility index (Phi) is 4.10. The largest absolute Gasteiger partial charge is 0.455 e. The first-order valence-electron chi connectivity index (χ1n) is 10.8. The molecule has 0 fully saturated rings. The van der Waals surface area contributed by atoms with Crippen molar-refractivity contribution in [3.63, 3.8) is 0 Å². The van der Waals surface area contributed by atoms with E-state index in [-0.39, 0.29) is 0 Å². The second-order valence-electron chi connectivity index (χ2n) is 9.22. The molecule has 0 aliphatic carbocycles. The Morgan fingerprint density at radius 3 is 2.50 bits per heavy atom. The highest BCUT2D eigenvalue weighted by Gasteiger charge is 2.21. The summed E-state index contributed by atoms with van der Waals surface area (Å²) in [6.07, 6.45) is 3.63. The summed E-state index contributed by atoms with van der Waals surface area (Å²) in [7, 11) is -1.44. The number of nitrogens with zero attached hydrogens (tertiary/aromatic N) is 3. The lowest BCUT2D eigenvalue weighted by Crippen LogP contribution is -2.37. The third kappa shape index (κ3) is 2.89. The van der Waals surface area contributed by atoms with Gasteiger partial charge in [-0.3, -0.25) is 9.55 Å². The van der Waals surface area contributed by atoms with Gasteiger partial charge in [-0.1, -0.05) is 67.3 Å². The van der Waals surface area contributed by atoms with Crippen LogP contribution in [0.1, 0.15) is 0 Å². The number of benzene rings is 3. The summed E-state index contributed by atoms with van der Waals surface area (Å²) >= 11 is 0. The van der Waals surface area contributed by atoms with Crippen LogP contribution in [-0.2, 0) is 0 Å². The summed E-state index contributed by atoms with van der Waals surface area (Å²) < 4.78 is 8.70. The first-order valence-corrected chi connectivity index (χ1v) is 14.3. The van der Waals surface area contributed by atoms with Gasteiger partial charge in [0, 0.05) is 22.7 Å². The van der Waals surface area contributed by atoms with E-state index in [1.165, 1.54) is 5.19 Å². The zero-order chi connectivity index (χ0) is 21.9. The van der Waals surface area contributed by atoms with Gasteiger partial charge in [0.2, 0.25) is 0 Å². The number of furan rings is 1. The average molecular weight is 434 g/mol. The highest BCUT2D eigenvalue weighted by Crippen LogP contribution is 2.37. The van der Waals surface area contributed by atoms with E-state index in [0.717, 1.165) is 50.0 Å². The molecule has 3 heterocycles. The van der Waals surface area contributed by atoms with Crippen molar-refractivity contribution in [2.75, 3.05) is 0 Å². The van der Waals surface area contributed by atoms with Gasteiger partial charge < -0.3 is 4.42 Å². The van der Waals surface area contributed by atoms with Crippen molar-refractivity contribution in [2.45, 2.75) is 19.6 Å². The van der Waals surface area contributed by atoms with Crippen LogP contribution in [0.3, 0.4) is 0 Å². The molecule has 5 heteroatoms. The SMILES string of the molecule is C[Si](C)(C)c1ccc2c(c1)oc1c(-c3nc4cnccc4n3-c3ccccc3)cccc12. The molecular weight excluding hydrogens is 410 g/mol. The number of aromatic nitrogens is 3. The number of hydrogen-bond donors (Lipinski definition) is 0. The Labute approximate surface area is 187 Å². The van der Waals surface area contributed by atoms with Gasteiger partial charge in [-0.2, -0.15) is 0 Å². The number of fused-ring (bicyclic) bond motifs is 4. The molecule has 156 valence electrons. The van der Waals surface area contributed by atoms with Crippen LogP contribution in [0, 0.1) is 0 Å². The number of imidazole rings is 1. The van der Waals surface area contributed by atoms with Crippen molar-refractivity contribution in [3.05, 3.63) is 85.2 Å². The molecule has 0 saturated heterocycles. The Hall–Kier alpha value is -3.70. The van der Waals surface area contributed by atoms with E-state index < -0.39 is 8.07 Å². The highest BCUT2D eigenvalue weighted by molar-refractivity contribution is 6.88. The van der Waals surface area contributed by atoms with Gasteiger partial charge in [-0.15, -0.1) is 0 Å². The number of pyridine rings is 1. The van der Waals surface area contributed by atoms with E-state index in [4.69, 9.17) is 9.40 Å². The van der Waals surface area contributed by atoms with Crippen molar-refractivity contribution >= 4 is 46.2 Å². The summed E-state index contributed by atoms with van der Waals surface area (Å²) in [6.45, 7) is 7.08. The second-order valence-corrected chi connectivity index (χ2v) is 14.3. The molecule has 4 nitrogen and oxygen atoms in total. The van der Waals surface area contributed by atoms with Crippen molar-refractivity contribution < 1.29 is 4.42 Å². The average Bonchev–Trinajstić information content (AvgIpc) is 3.37. The third-order valence-corrected chi connectivity index (χ3v) is 8.12. The van der Waals surface area contributed by atoms with Crippen LogP contribution in [0.5, 0.6) is 0 Å². The quantitative estimate of drug-likeness (QED) is 0.298. The minimum atomic E-state index is -1.44. The van der Waals surface area contributed by atoms with Crippen LogP contribution in [0.25, 0.3) is 50.0 Å². The highest BCUT2D eigenvalue weighted by atomic mass is 28.3. The van der Waals surface area contributed by atoms with E-state index in [2.05, 4.69) is 77.7 Å². The zero-order valence-corrected chi connectivity index (χ0v) is 19.3. The van der Waals surface area contributed by atoms with Crippen LogP contribution in [-0.4, -0.2) is 22.6 Å². The Balaban J connectivity index is 1.67. The predicted octanol–water partition coefficient (Wildman–Crippen LogP) is 6.53. The molecule has 6 rings (SSSR count). The summed E-state index contributed by atoms with van der Waals surface area (Å²) in [5, 5.41) is 3.66. The zero-order valence-electron chi connectivity index (χ0n) is 18.3. The lowest BCUT2D eigenvalue weighted by molar-refractivity contribution is 0.669. The lowest BCUT2D eigenvalue weighted by atomic mass is 10.1. The minimum Gasteiger partial charge on any atom is -0.455 e. The molecule has 0 spiro atoms. The molecule has 0 aliphatic rings. The van der Waals surface area contributed by atoms with Crippen molar-refractivity contribution in [1.29, 1.82) is 0 Å². The molecule has 0 bridgehead atoms. The molecule has 32 heavy (non-hydrogen) atoms. The second kappa shape index (κ2) is 6.90. The van der Waals surface area contributed by atoms with Gasteiger partial charge in [-0.25, -0.2) is 4.98 Å². The molecule has 0 N–H and O–H groups in total. The normalized spacial score (nSPS) is 12.2. The fourth-order valence-corrected chi connectivity index (χ4v) is 5.54. The van der Waals surface area contributed by atoms with Crippen LogP contribution < -0.4 is 5.19 Å². The summed E-state index contributed by atoms with van der Waals surface area (Å²) in [5.74, 6) is 0.856. The van der Waals surface area contributed by atoms with Gasteiger partial charge in [0.1, 0.15) is 22.5 Å². The van der Waals surface area contributed by atoms with E-state index in [0.29, 0.717) is 0 Å². The monoisotopic (exact) mass is 433 g/mol. The standard InChI is InChI=1S/C27H23N3OSi/c1-32(2,3)19-12-13-20-21-10-7-11-22(26(21)31-25(20)16-19)27-29-23-17-28-15-14-24(23)30(27)18-8-5-4-6-9-18/h4-17H,1-3H3. The topological polar surface area (TPSA) is 43.9 Å². The van der Waals surface area contributed by atoms with Crippen LogP contribution >= 0.6 is 0 Å². The third-order valence-electron chi connectivity index (χ3n) is 6.08. The fraction of sp³-hybridized carbons (Fsp3) is 0.111. The molecular formula is C27H23N3OSi. The van der Waals surface area contributed by atoms with Crippen LogP contribution in [0.15, 0.2) is 89.6 Å². The van der Waals surface area contributed by atoms with Crippen molar-refractivity contribution in [1.82, 2.24) is 14.5 Å². The number of para-hydroxylation sites is 2. The molecule has 3 aromatic carbocycles. The maximum absolute atomic E-state index is 6.51. The van der Waals surface area contributed by atoms with Crippen LogP contribution in [0.2, 0.25) is 19.6 Å². The van der Waals surface area contributed by atoms with Gasteiger partial charge in [0.05, 0.1) is 25.4 Å². The van der Waals surface area contributed by atoms with E-state index in [9.17, 15) is 0 Å². The van der Waals surface area contributed by atoms with E-state index >= 15 is 0 Å². The molecule has 3 aromatic heterocycles. The molecule has 0 radical (unpaired) electrons. The summed E-state index contributed by atoms with van der Waals surface area (Å²) in [5.41, 5.74) is 5.74. The Morgan fingerprint density at radius 1 is 0.844 bits per heavy atom. The summed E-state index contributed by atoms with van der Waals surface area (Å²) in [4.78, 5) is 9.27. The van der Waals surface area contributed by atoms with E-state index in [1.807, 2.05) is 36.7 Å².